The predicted octanol–water partition coefficient (Wildman–Crippen LogP) is 4.16. The number of H-pyrrole nitrogens is 1. The van der Waals surface area contributed by atoms with Crippen LogP contribution in [0.1, 0.15) is 30.4 Å². The summed E-state index contributed by atoms with van der Waals surface area (Å²) in [7, 11) is 0. The average Bonchev–Trinajstić information content (AvgIpc) is 3.36. The first-order chi connectivity index (χ1) is 17.5. The highest BCUT2D eigenvalue weighted by molar-refractivity contribution is 14.1. The number of halogens is 2. The van der Waals surface area contributed by atoms with Gasteiger partial charge in [0.1, 0.15) is 11.3 Å². The third-order valence-electron chi connectivity index (χ3n) is 6.89. The van der Waals surface area contributed by atoms with Crippen molar-refractivity contribution in [3.63, 3.8) is 0 Å². The minimum absolute atomic E-state index is 0.00239. The Morgan fingerprint density at radius 1 is 1.22 bits per heavy atom. The number of nitrogens with one attached hydrogen (secondary N) is 2. The van der Waals surface area contributed by atoms with Crippen LogP contribution in [-0.4, -0.2) is 55.7 Å². The highest BCUT2D eigenvalue weighted by Gasteiger charge is 2.39. The number of nitrogens with zero attached hydrogens (tertiary/aromatic N) is 4. The molecule has 0 aliphatic carbocycles. The summed E-state index contributed by atoms with van der Waals surface area (Å²) in [5.41, 5.74) is 9.23. The van der Waals surface area contributed by atoms with Crippen molar-refractivity contribution in [3.05, 3.63) is 71.9 Å². The average molecular weight is 601 g/mol. The van der Waals surface area contributed by atoms with Gasteiger partial charge in [-0.1, -0.05) is 59.3 Å². The van der Waals surface area contributed by atoms with Gasteiger partial charge < -0.3 is 21.1 Å². The van der Waals surface area contributed by atoms with Crippen molar-refractivity contribution >= 4 is 39.4 Å². The van der Waals surface area contributed by atoms with E-state index in [-0.39, 0.29) is 18.5 Å². The fourth-order valence-electron chi connectivity index (χ4n) is 4.95. The first-order valence-electron chi connectivity index (χ1n) is 12.0. The number of aliphatic hydroxyl groups is 1. The van der Waals surface area contributed by atoms with Gasteiger partial charge >= 0.3 is 0 Å². The third kappa shape index (κ3) is 4.82. The molecule has 1 aliphatic rings. The van der Waals surface area contributed by atoms with Crippen LogP contribution >= 0.6 is 22.6 Å². The van der Waals surface area contributed by atoms with E-state index >= 15 is 0 Å². The Morgan fingerprint density at radius 3 is 2.83 bits per heavy atom. The summed E-state index contributed by atoms with van der Waals surface area (Å²) >= 11 is 2.30. The second-order valence-electron chi connectivity index (χ2n) is 9.14. The van der Waals surface area contributed by atoms with Gasteiger partial charge in [0.25, 0.3) is 0 Å². The molecule has 0 unspecified atom stereocenters. The van der Waals surface area contributed by atoms with Crippen LogP contribution in [0.15, 0.2) is 55.0 Å². The quantitative estimate of drug-likeness (QED) is 0.177. The molecule has 4 aromatic rings. The Balaban J connectivity index is 1.40. The number of fused-ring (bicyclic) bond motifs is 1. The highest BCUT2D eigenvalue weighted by atomic mass is 127. The van der Waals surface area contributed by atoms with Crippen LogP contribution in [0.4, 0.5) is 10.2 Å². The lowest BCUT2D eigenvalue weighted by atomic mass is 9.92. The van der Waals surface area contributed by atoms with E-state index in [0.29, 0.717) is 12.4 Å². The van der Waals surface area contributed by atoms with Crippen LogP contribution in [0.5, 0.6) is 0 Å². The lowest BCUT2D eigenvalue weighted by molar-refractivity contribution is -0.0169. The number of likely N-dealkylation sites (tertiary alicyclic amines) is 1. The molecule has 0 bridgehead atoms. The Morgan fingerprint density at radius 2 is 2.06 bits per heavy atom. The maximum atomic E-state index is 14.8. The second-order valence-corrected chi connectivity index (χ2v) is 9.90. The van der Waals surface area contributed by atoms with Gasteiger partial charge in [-0.3, -0.25) is 4.90 Å². The van der Waals surface area contributed by atoms with Crippen molar-refractivity contribution in [2.45, 2.75) is 35.4 Å². The number of aromatic amines is 1. The predicted molar refractivity (Wildman–Crippen MR) is 147 cm³/mol. The molecule has 10 heteroatoms. The zero-order chi connectivity index (χ0) is 25.1. The van der Waals surface area contributed by atoms with Crippen LogP contribution in [0, 0.1) is 5.82 Å². The minimum atomic E-state index is -1.02. The molecule has 0 amide bonds. The number of pyridine rings is 1. The molecule has 188 valence electrons. The minimum Gasteiger partial charge on any atom is -0.393 e. The fourth-order valence-corrected chi connectivity index (χ4v) is 5.37. The van der Waals surface area contributed by atoms with E-state index in [0.717, 1.165) is 58.0 Å². The SMILES string of the molecule is N[C@@](CO)(c1ccccc1)N1CCCC[C@@H]1CNc1nc(-c2c[nH]c3ncc(CI)cc23)ncc1F. The molecule has 3 aromatic heterocycles. The first-order valence-corrected chi connectivity index (χ1v) is 13.6. The van der Waals surface area contributed by atoms with Crippen molar-refractivity contribution in [2.75, 3.05) is 25.0 Å². The molecule has 5 rings (SSSR count). The van der Waals surface area contributed by atoms with Crippen molar-refractivity contribution in [2.24, 2.45) is 5.73 Å². The van der Waals surface area contributed by atoms with E-state index in [1.807, 2.05) is 36.5 Å². The Labute approximate surface area is 222 Å². The van der Waals surface area contributed by atoms with Gasteiger partial charge in [0.15, 0.2) is 17.5 Å². The van der Waals surface area contributed by atoms with Crippen molar-refractivity contribution < 1.29 is 9.50 Å². The van der Waals surface area contributed by atoms with Crippen LogP contribution < -0.4 is 11.1 Å². The Hall–Kier alpha value is -2.67. The summed E-state index contributed by atoms with van der Waals surface area (Å²) in [6.07, 6.45) is 7.75. The molecule has 36 heavy (non-hydrogen) atoms. The van der Waals surface area contributed by atoms with Gasteiger partial charge in [0.2, 0.25) is 0 Å². The first kappa shape index (κ1) is 25.0. The number of piperidine rings is 1. The normalized spacial score (nSPS) is 18.3. The number of anilines is 1. The number of aliphatic hydroxyl groups excluding tert-OH is 1. The van der Waals surface area contributed by atoms with E-state index in [2.05, 4.69) is 58.8 Å². The number of hydrogen-bond acceptors (Lipinski definition) is 7. The molecule has 0 radical (unpaired) electrons. The van der Waals surface area contributed by atoms with Gasteiger partial charge in [-0.15, -0.1) is 0 Å². The van der Waals surface area contributed by atoms with E-state index < -0.39 is 11.5 Å². The van der Waals surface area contributed by atoms with Crippen molar-refractivity contribution in [3.8, 4) is 11.4 Å². The van der Waals surface area contributed by atoms with Gasteiger partial charge in [0, 0.05) is 46.9 Å². The number of hydrogen-bond donors (Lipinski definition) is 4. The summed E-state index contributed by atoms with van der Waals surface area (Å²) in [6, 6.07) is 11.7. The Kier molecular flexibility index (Phi) is 7.47. The molecule has 2 atom stereocenters. The van der Waals surface area contributed by atoms with Crippen LogP contribution in [0.3, 0.4) is 0 Å². The van der Waals surface area contributed by atoms with Crippen molar-refractivity contribution in [1.82, 2.24) is 24.8 Å². The maximum absolute atomic E-state index is 14.8. The maximum Gasteiger partial charge on any atom is 0.183 e. The van der Waals surface area contributed by atoms with Gasteiger partial charge in [-0.05, 0) is 30.0 Å². The van der Waals surface area contributed by atoms with E-state index in [9.17, 15) is 9.50 Å². The molecule has 0 spiro atoms. The number of nitrogens with two attached hydrogens (primary N) is 1. The molecule has 8 nitrogen and oxygen atoms in total. The molecular weight excluding hydrogens is 572 g/mol. The zero-order valence-electron chi connectivity index (χ0n) is 19.8. The smallest absolute Gasteiger partial charge is 0.183 e. The summed E-state index contributed by atoms with van der Waals surface area (Å²) < 4.78 is 15.6. The largest absolute Gasteiger partial charge is 0.393 e. The topological polar surface area (TPSA) is 116 Å². The zero-order valence-corrected chi connectivity index (χ0v) is 22.0. The van der Waals surface area contributed by atoms with E-state index in [4.69, 9.17) is 5.73 Å². The molecule has 0 saturated carbocycles. The monoisotopic (exact) mass is 601 g/mol. The lowest BCUT2D eigenvalue weighted by Crippen LogP contribution is -2.62. The summed E-state index contributed by atoms with van der Waals surface area (Å²) in [5.74, 6) is 0.0475. The Bertz CT molecular complexity index is 1330. The lowest BCUT2D eigenvalue weighted by Gasteiger charge is -2.47. The molecule has 1 aromatic carbocycles. The van der Waals surface area contributed by atoms with Gasteiger partial charge in [0.05, 0.1) is 12.8 Å². The second kappa shape index (κ2) is 10.8. The van der Waals surface area contributed by atoms with Gasteiger partial charge in [-0.25, -0.2) is 19.3 Å². The molecule has 1 aliphatic heterocycles. The number of aromatic nitrogens is 4. The highest BCUT2D eigenvalue weighted by Crippen LogP contribution is 2.31. The molecular formula is C26H29FIN7O. The molecule has 5 N–H and O–H groups in total. The molecule has 1 fully saturated rings. The summed E-state index contributed by atoms with van der Waals surface area (Å²) in [4.78, 5) is 18.5. The van der Waals surface area contributed by atoms with Crippen molar-refractivity contribution in [1.29, 1.82) is 0 Å². The van der Waals surface area contributed by atoms with Crippen LogP contribution in [0.2, 0.25) is 0 Å². The van der Waals surface area contributed by atoms with Gasteiger partial charge in [-0.2, -0.15) is 0 Å². The third-order valence-corrected chi connectivity index (χ3v) is 7.77. The van der Waals surface area contributed by atoms with E-state index in [1.54, 1.807) is 6.20 Å². The standard InChI is InChI=1S/C26H29FIN7O/c27-22-15-33-24(21-14-32-23-20(21)10-17(11-28)12-30-23)34-25(22)31-13-19-8-4-5-9-35(19)26(29,16-36)18-6-2-1-3-7-18/h1-3,6-7,10,12,14-15,19,36H,4-5,8-9,11,13,16,29H2,(H,30,32)(H,31,33,34)/t19-,26-/m1/s1. The van der Waals surface area contributed by atoms with E-state index in [1.165, 1.54) is 6.20 Å². The van der Waals surface area contributed by atoms with Crippen LogP contribution in [-0.2, 0) is 10.1 Å². The summed E-state index contributed by atoms with van der Waals surface area (Å²) in [5, 5.41) is 14.4. The molecule has 1 saturated heterocycles. The fraction of sp³-hybridized carbons (Fsp3) is 0.346. The molecule has 4 heterocycles. The van der Waals surface area contributed by atoms with Crippen LogP contribution in [0.25, 0.3) is 22.4 Å². The number of alkyl halides is 1. The number of rotatable bonds is 8. The number of benzene rings is 1. The summed E-state index contributed by atoms with van der Waals surface area (Å²) in [6.45, 7) is 0.970.